The van der Waals surface area contributed by atoms with E-state index in [1.165, 1.54) is 21.2 Å². The van der Waals surface area contributed by atoms with E-state index in [9.17, 15) is 14.4 Å². The fourth-order valence-corrected chi connectivity index (χ4v) is 4.14. The number of anilines is 2. The number of unbranched alkanes of at least 4 members (excludes halogenated alkanes) is 1. The molecule has 8 heteroatoms. The van der Waals surface area contributed by atoms with Crippen LogP contribution >= 0.6 is 11.8 Å². The first kappa shape index (κ1) is 23.8. The third-order valence-electron chi connectivity index (χ3n) is 4.76. The summed E-state index contributed by atoms with van der Waals surface area (Å²) in [6.45, 7) is 10.7. The van der Waals surface area contributed by atoms with Gasteiger partial charge in [0, 0.05) is 18.0 Å². The zero-order chi connectivity index (χ0) is 22.4. The normalized spacial score (nSPS) is 11.1. The summed E-state index contributed by atoms with van der Waals surface area (Å²) in [6, 6.07) is 6.11. The van der Waals surface area contributed by atoms with Gasteiger partial charge in [-0.25, -0.2) is 4.79 Å². The molecule has 1 amide bonds. The molecule has 0 bridgehead atoms. The second-order valence-electron chi connectivity index (χ2n) is 7.95. The van der Waals surface area contributed by atoms with Crippen molar-refractivity contribution in [2.24, 2.45) is 5.92 Å². The molecule has 0 spiro atoms. The Balaban J connectivity index is 2.39. The molecule has 1 heterocycles. The van der Waals surface area contributed by atoms with Crippen LogP contribution in [-0.4, -0.2) is 27.8 Å². The number of benzene rings is 1. The van der Waals surface area contributed by atoms with E-state index in [0.717, 1.165) is 28.9 Å². The van der Waals surface area contributed by atoms with Crippen LogP contribution in [0.4, 0.5) is 11.5 Å². The molecular weight excluding hydrogens is 400 g/mol. The van der Waals surface area contributed by atoms with E-state index in [-0.39, 0.29) is 29.1 Å². The van der Waals surface area contributed by atoms with Crippen LogP contribution < -0.4 is 21.9 Å². The molecule has 2 rings (SSSR count). The number of nitrogens with one attached hydrogen (secondary N) is 1. The fraction of sp³-hybridized carbons (Fsp3) is 0.500. The molecule has 0 radical (unpaired) electrons. The summed E-state index contributed by atoms with van der Waals surface area (Å²) < 4.78 is 1.34. The number of amides is 1. The predicted molar refractivity (Wildman–Crippen MR) is 124 cm³/mol. The van der Waals surface area contributed by atoms with E-state index in [4.69, 9.17) is 5.73 Å². The molecule has 2 aromatic rings. The number of H-pyrrole nitrogens is 1. The summed E-state index contributed by atoms with van der Waals surface area (Å²) in [5, 5.41) is 0. The Hall–Kier alpha value is -2.48. The van der Waals surface area contributed by atoms with E-state index in [1.807, 2.05) is 52.8 Å². The molecule has 0 saturated carbocycles. The zero-order valence-corrected chi connectivity index (χ0v) is 19.3. The third-order valence-corrected chi connectivity index (χ3v) is 5.90. The Kier molecular flexibility index (Phi) is 8.34. The molecule has 0 aliphatic rings. The van der Waals surface area contributed by atoms with Crippen molar-refractivity contribution in [3.8, 4) is 0 Å². The summed E-state index contributed by atoms with van der Waals surface area (Å²) in [5.74, 6) is 0.166. The van der Waals surface area contributed by atoms with Gasteiger partial charge in [-0.3, -0.25) is 19.1 Å². The molecule has 30 heavy (non-hydrogen) atoms. The second kappa shape index (κ2) is 10.5. The number of aromatic amines is 1. The molecule has 0 fully saturated rings. The molecule has 0 unspecified atom stereocenters. The summed E-state index contributed by atoms with van der Waals surface area (Å²) in [7, 11) is 0. The van der Waals surface area contributed by atoms with Crippen molar-refractivity contribution in [1.29, 1.82) is 0 Å². The summed E-state index contributed by atoms with van der Waals surface area (Å²) in [6.07, 6.45) is 1.58. The van der Waals surface area contributed by atoms with Crippen molar-refractivity contribution in [3.05, 3.63) is 50.2 Å². The van der Waals surface area contributed by atoms with Gasteiger partial charge in [-0.2, -0.15) is 0 Å². The quantitative estimate of drug-likeness (QED) is 0.592. The van der Waals surface area contributed by atoms with Crippen molar-refractivity contribution < 1.29 is 4.79 Å². The number of carbonyl (C=O) groups is 1. The summed E-state index contributed by atoms with van der Waals surface area (Å²) in [4.78, 5) is 42.8. The van der Waals surface area contributed by atoms with E-state index in [1.54, 1.807) is 0 Å². The van der Waals surface area contributed by atoms with E-state index in [2.05, 4.69) is 4.98 Å². The lowest BCUT2D eigenvalue weighted by molar-refractivity contribution is -0.116. The summed E-state index contributed by atoms with van der Waals surface area (Å²) >= 11 is 1.44. The first-order chi connectivity index (χ1) is 14.1. The molecule has 1 aromatic carbocycles. The highest BCUT2D eigenvalue weighted by Crippen LogP contribution is 2.25. The van der Waals surface area contributed by atoms with Gasteiger partial charge in [-0.05, 0) is 37.8 Å². The third kappa shape index (κ3) is 5.78. The SMILES string of the molecule is CCCCN(C(=O)CSc1cc(C)ccc1C)c1c(N)n(CC(C)C)c(=O)[nH]c1=O. The first-order valence-corrected chi connectivity index (χ1v) is 11.3. The number of thioether (sulfide) groups is 1. The maximum absolute atomic E-state index is 13.2. The number of nitrogens with two attached hydrogens (primary N) is 1. The van der Waals surface area contributed by atoms with E-state index >= 15 is 0 Å². The van der Waals surface area contributed by atoms with Crippen LogP contribution in [0.5, 0.6) is 0 Å². The van der Waals surface area contributed by atoms with Crippen LogP contribution in [0.3, 0.4) is 0 Å². The minimum atomic E-state index is -0.626. The number of nitrogens with zero attached hydrogens (tertiary/aromatic N) is 2. The van der Waals surface area contributed by atoms with Crippen LogP contribution in [0, 0.1) is 19.8 Å². The Labute approximate surface area is 181 Å². The molecule has 1 aromatic heterocycles. The van der Waals surface area contributed by atoms with Gasteiger partial charge >= 0.3 is 5.69 Å². The maximum atomic E-state index is 13.2. The number of nitrogen functional groups attached to an aromatic ring is 1. The Morgan fingerprint density at radius 1 is 1.27 bits per heavy atom. The Morgan fingerprint density at radius 2 is 1.97 bits per heavy atom. The van der Waals surface area contributed by atoms with Gasteiger partial charge in [0.2, 0.25) is 5.91 Å². The number of aryl methyl sites for hydroxylation is 2. The summed E-state index contributed by atoms with van der Waals surface area (Å²) in [5.41, 5.74) is 7.35. The van der Waals surface area contributed by atoms with E-state index in [0.29, 0.717) is 13.1 Å². The molecular formula is C22H32N4O3S. The lowest BCUT2D eigenvalue weighted by atomic mass is 10.2. The molecule has 3 N–H and O–H groups in total. The first-order valence-electron chi connectivity index (χ1n) is 10.3. The highest BCUT2D eigenvalue weighted by Gasteiger charge is 2.24. The van der Waals surface area contributed by atoms with Gasteiger partial charge in [0.25, 0.3) is 5.56 Å². The van der Waals surface area contributed by atoms with Crippen LogP contribution in [0.15, 0.2) is 32.7 Å². The van der Waals surface area contributed by atoms with Crippen LogP contribution in [-0.2, 0) is 11.3 Å². The van der Waals surface area contributed by atoms with Gasteiger partial charge in [0.05, 0.1) is 5.75 Å². The van der Waals surface area contributed by atoms with Crippen LogP contribution in [0.25, 0.3) is 0 Å². The lowest BCUT2D eigenvalue weighted by Crippen LogP contribution is -2.42. The van der Waals surface area contributed by atoms with Crippen molar-refractivity contribution in [3.63, 3.8) is 0 Å². The zero-order valence-electron chi connectivity index (χ0n) is 18.4. The standard InChI is InChI=1S/C22H32N4O3S/c1-6-7-10-25(18(27)13-30-17-11-15(4)8-9-16(17)5)19-20(23)26(12-14(2)3)22(29)24-21(19)28/h8-9,11,14H,6-7,10,12-13,23H2,1-5H3,(H,24,28,29). The monoisotopic (exact) mass is 432 g/mol. The van der Waals surface area contributed by atoms with Crippen molar-refractivity contribution in [2.75, 3.05) is 22.9 Å². The number of aromatic nitrogens is 2. The second-order valence-corrected chi connectivity index (χ2v) is 8.97. The van der Waals surface area contributed by atoms with Crippen LogP contribution in [0.2, 0.25) is 0 Å². The predicted octanol–water partition coefficient (Wildman–Crippen LogP) is 3.32. The number of hydrogen-bond acceptors (Lipinski definition) is 5. The highest BCUT2D eigenvalue weighted by atomic mass is 32.2. The minimum absolute atomic E-state index is 0.0404. The number of carbonyl (C=O) groups excluding carboxylic acids is 1. The van der Waals surface area contributed by atoms with Gasteiger partial charge in [0.1, 0.15) is 5.82 Å². The van der Waals surface area contributed by atoms with Gasteiger partial charge in [-0.1, -0.05) is 44.9 Å². The van der Waals surface area contributed by atoms with Gasteiger partial charge < -0.3 is 10.6 Å². The highest BCUT2D eigenvalue weighted by molar-refractivity contribution is 8.00. The molecule has 0 saturated heterocycles. The Morgan fingerprint density at radius 3 is 2.60 bits per heavy atom. The van der Waals surface area contributed by atoms with E-state index < -0.39 is 11.2 Å². The molecule has 0 aliphatic heterocycles. The largest absolute Gasteiger partial charge is 0.383 e. The van der Waals surface area contributed by atoms with Crippen molar-refractivity contribution in [2.45, 2.75) is 58.9 Å². The topological polar surface area (TPSA) is 101 Å². The molecule has 7 nitrogen and oxygen atoms in total. The van der Waals surface area contributed by atoms with Gasteiger partial charge in [-0.15, -0.1) is 11.8 Å². The molecule has 0 atom stereocenters. The molecule has 164 valence electrons. The fourth-order valence-electron chi connectivity index (χ4n) is 3.14. The molecule has 0 aliphatic carbocycles. The van der Waals surface area contributed by atoms with Gasteiger partial charge in [0.15, 0.2) is 5.69 Å². The number of rotatable bonds is 9. The smallest absolute Gasteiger partial charge is 0.330 e. The van der Waals surface area contributed by atoms with Crippen molar-refractivity contribution >= 4 is 29.2 Å². The van der Waals surface area contributed by atoms with Crippen molar-refractivity contribution in [1.82, 2.24) is 9.55 Å². The maximum Gasteiger partial charge on any atom is 0.330 e. The number of hydrogen-bond donors (Lipinski definition) is 2. The average molecular weight is 433 g/mol. The average Bonchev–Trinajstić information content (AvgIpc) is 2.67. The lowest BCUT2D eigenvalue weighted by Gasteiger charge is -2.25. The Bertz CT molecular complexity index is 1010. The van der Waals surface area contributed by atoms with Crippen LogP contribution in [0.1, 0.15) is 44.7 Å². The minimum Gasteiger partial charge on any atom is -0.383 e.